The predicted molar refractivity (Wildman–Crippen MR) is 105 cm³/mol. The Morgan fingerprint density at radius 3 is 1.91 bits per heavy atom. The van der Waals surface area contributed by atoms with E-state index in [-0.39, 0.29) is 91.7 Å². The van der Waals surface area contributed by atoms with E-state index in [9.17, 15) is 34.5 Å². The van der Waals surface area contributed by atoms with Gasteiger partial charge in [-0.25, -0.2) is 6.29 Å². The van der Waals surface area contributed by atoms with Gasteiger partial charge in [0.15, 0.2) is 0 Å². The molecule has 0 atom stereocenters. The SMILES string of the molecule is O=[C-]COc1ccc2nc1CN(CC(=O)O)CCN(CC(=O)O)CCN(CC(=O)O)C2.[Y]. The van der Waals surface area contributed by atoms with Crippen molar-refractivity contribution in [3.8, 4) is 5.75 Å². The molecule has 0 amide bonds. The number of aromatic nitrogens is 1. The molecule has 2 bridgehead atoms. The monoisotopic (exact) mass is 526 g/mol. The van der Waals surface area contributed by atoms with Crippen LogP contribution >= 0.6 is 0 Å². The average Bonchev–Trinajstić information content (AvgIpc) is 2.67. The van der Waals surface area contributed by atoms with Crippen LogP contribution in [0.2, 0.25) is 0 Å². The van der Waals surface area contributed by atoms with Gasteiger partial charge in [0.2, 0.25) is 0 Å². The summed E-state index contributed by atoms with van der Waals surface area (Å²) >= 11 is 0. The Morgan fingerprint density at radius 1 is 0.875 bits per heavy atom. The van der Waals surface area contributed by atoms with Crippen LogP contribution in [0.1, 0.15) is 11.4 Å². The quantitative estimate of drug-likeness (QED) is 0.328. The van der Waals surface area contributed by atoms with Crippen molar-refractivity contribution in [3.05, 3.63) is 23.5 Å². The minimum atomic E-state index is -1.05. The van der Waals surface area contributed by atoms with Crippen molar-refractivity contribution in [2.45, 2.75) is 13.1 Å². The van der Waals surface area contributed by atoms with Crippen LogP contribution in [0.15, 0.2) is 12.1 Å². The van der Waals surface area contributed by atoms with E-state index in [2.05, 4.69) is 4.98 Å². The standard InChI is InChI=1S/C19H25N4O8.Y/c24-7-8-31-16-2-1-14-9-22(12-18(27)28)5-3-21(11-17(25)26)4-6-23(13-19(29)30)10-15(16)20-14;/h1-2H,3-6,8-13H2,(H,25,26)(H,27,28)(H,29,30);/q-1;. The summed E-state index contributed by atoms with van der Waals surface area (Å²) in [5, 5.41) is 27.7. The molecule has 3 N–H and O–H groups in total. The van der Waals surface area contributed by atoms with Crippen LogP contribution in [0.25, 0.3) is 0 Å². The number of hydrogen-bond donors (Lipinski definition) is 3. The van der Waals surface area contributed by atoms with Gasteiger partial charge >= 0.3 is 17.9 Å². The Hall–Kier alpha value is -1.99. The molecule has 0 aliphatic carbocycles. The van der Waals surface area contributed by atoms with Gasteiger partial charge in [-0.15, -0.1) is 0 Å². The molecule has 1 radical (unpaired) electrons. The van der Waals surface area contributed by atoms with Crippen LogP contribution in [0.5, 0.6) is 5.75 Å². The van der Waals surface area contributed by atoms with E-state index in [0.29, 0.717) is 23.7 Å². The number of hydrogen-bond acceptors (Lipinski definition) is 9. The van der Waals surface area contributed by atoms with Crippen molar-refractivity contribution >= 4 is 24.2 Å². The van der Waals surface area contributed by atoms with Crippen LogP contribution in [0.3, 0.4) is 0 Å². The van der Waals surface area contributed by atoms with Crippen LogP contribution < -0.4 is 4.74 Å². The van der Waals surface area contributed by atoms with Gasteiger partial charge in [0.1, 0.15) is 5.75 Å². The van der Waals surface area contributed by atoms with E-state index >= 15 is 0 Å². The molecular formula is C19H25N4O8Y-. The van der Waals surface area contributed by atoms with Crippen molar-refractivity contribution in [3.63, 3.8) is 0 Å². The second kappa shape index (κ2) is 14.2. The number of fused-ring (bicyclic) bond motifs is 2. The molecule has 1 aliphatic rings. The molecule has 1 aromatic rings. The summed E-state index contributed by atoms with van der Waals surface area (Å²) in [6.45, 7) is 0.255. The maximum atomic E-state index is 11.3. The van der Waals surface area contributed by atoms with Crippen LogP contribution in [-0.4, -0.2) is 112 Å². The molecule has 2 rings (SSSR count). The number of carbonyl (C=O) groups is 3. The fourth-order valence-corrected chi connectivity index (χ4v) is 3.25. The number of carboxylic acid groups (broad SMARTS) is 3. The van der Waals surface area contributed by atoms with Crippen molar-refractivity contribution in [2.75, 3.05) is 52.4 Å². The van der Waals surface area contributed by atoms with Gasteiger partial charge in [0.05, 0.1) is 31.0 Å². The van der Waals surface area contributed by atoms with Crippen LogP contribution in [-0.2, 0) is 65.0 Å². The molecule has 1 aliphatic heterocycles. The van der Waals surface area contributed by atoms with E-state index in [4.69, 9.17) is 4.74 Å². The Kier molecular flexibility index (Phi) is 12.5. The van der Waals surface area contributed by atoms with E-state index < -0.39 is 17.9 Å². The van der Waals surface area contributed by atoms with Gasteiger partial charge < -0.3 is 24.9 Å². The molecule has 0 saturated carbocycles. The van der Waals surface area contributed by atoms with Gasteiger partial charge in [-0.2, -0.15) is 0 Å². The van der Waals surface area contributed by atoms with E-state index in [0.717, 1.165) is 0 Å². The van der Waals surface area contributed by atoms with E-state index in [1.807, 2.05) is 0 Å². The Morgan fingerprint density at radius 2 is 1.38 bits per heavy atom. The molecule has 0 aromatic carbocycles. The number of carboxylic acids is 3. The molecule has 173 valence electrons. The summed E-state index contributed by atoms with van der Waals surface area (Å²) in [5.74, 6) is -2.81. The molecule has 0 saturated heterocycles. The molecule has 1 aromatic heterocycles. The third-order valence-electron chi connectivity index (χ3n) is 4.58. The summed E-state index contributed by atoms with van der Waals surface area (Å²) in [6.07, 6.45) is 1.62. The number of carbonyl (C=O) groups excluding carboxylic acids is 1. The average molecular weight is 526 g/mol. The summed E-state index contributed by atoms with van der Waals surface area (Å²) in [4.78, 5) is 53.7. The van der Waals surface area contributed by atoms with E-state index in [1.54, 1.807) is 33.1 Å². The second-order valence-corrected chi connectivity index (χ2v) is 7.06. The third-order valence-corrected chi connectivity index (χ3v) is 4.58. The minimum absolute atomic E-state index is 0. The fraction of sp³-hybridized carbons (Fsp3) is 0.526. The zero-order valence-corrected chi connectivity index (χ0v) is 20.3. The third kappa shape index (κ3) is 10.1. The second-order valence-electron chi connectivity index (χ2n) is 7.06. The maximum Gasteiger partial charge on any atom is 0.317 e. The number of rotatable bonds is 9. The van der Waals surface area contributed by atoms with E-state index in [1.165, 1.54) is 0 Å². The summed E-state index contributed by atoms with van der Waals surface area (Å²) in [7, 11) is 0. The fourth-order valence-electron chi connectivity index (χ4n) is 3.25. The van der Waals surface area contributed by atoms with Crippen molar-refractivity contribution in [1.82, 2.24) is 19.7 Å². The smallest absolute Gasteiger partial charge is 0.317 e. The Bertz CT molecular complexity index is 810. The van der Waals surface area contributed by atoms with Crippen LogP contribution in [0.4, 0.5) is 0 Å². The Labute approximate surface area is 210 Å². The van der Waals surface area contributed by atoms with Gasteiger partial charge in [-0.3, -0.25) is 34.1 Å². The predicted octanol–water partition coefficient (Wildman–Crippen LogP) is -1.26. The van der Waals surface area contributed by atoms with Gasteiger partial charge in [-0.1, -0.05) is 0 Å². The molecule has 13 heteroatoms. The molecular weight excluding hydrogens is 501 g/mol. The summed E-state index contributed by atoms with van der Waals surface area (Å²) in [5.41, 5.74) is 0.939. The number of nitrogens with zero attached hydrogens (tertiary/aromatic N) is 4. The van der Waals surface area contributed by atoms with Crippen molar-refractivity contribution in [1.29, 1.82) is 0 Å². The number of aliphatic carboxylic acids is 3. The molecule has 0 spiro atoms. The van der Waals surface area contributed by atoms with Gasteiger partial charge in [-0.05, 0) is 18.7 Å². The Balaban J connectivity index is 0.00000512. The molecule has 2 heterocycles. The first-order valence-electron chi connectivity index (χ1n) is 9.56. The van der Waals surface area contributed by atoms with Crippen molar-refractivity contribution in [2.24, 2.45) is 0 Å². The minimum Gasteiger partial charge on any atom is -0.539 e. The maximum absolute atomic E-state index is 11.3. The number of pyridine rings is 1. The topological polar surface area (TPSA) is 161 Å². The van der Waals surface area contributed by atoms with Gasteiger partial charge in [0.25, 0.3) is 0 Å². The normalized spacial score (nSPS) is 16.1. The largest absolute Gasteiger partial charge is 0.539 e. The molecule has 12 nitrogen and oxygen atoms in total. The van der Waals surface area contributed by atoms with Gasteiger partial charge in [0, 0.05) is 72.0 Å². The first-order valence-corrected chi connectivity index (χ1v) is 9.56. The van der Waals surface area contributed by atoms with Crippen molar-refractivity contribution < 1.29 is 71.9 Å². The zero-order valence-electron chi connectivity index (χ0n) is 17.5. The zero-order chi connectivity index (χ0) is 22.8. The summed E-state index contributed by atoms with van der Waals surface area (Å²) < 4.78 is 5.35. The first-order chi connectivity index (χ1) is 14.8. The molecule has 0 unspecified atom stereocenters. The molecule has 0 fully saturated rings. The van der Waals surface area contributed by atoms with Crippen LogP contribution in [0, 0.1) is 0 Å². The molecule has 32 heavy (non-hydrogen) atoms. The number of ether oxygens (including phenoxy) is 1. The summed E-state index contributed by atoms with van der Waals surface area (Å²) in [6, 6.07) is 3.25. The first kappa shape index (κ1) is 28.0.